The number of aryl methyl sites for hydroxylation is 2. The Labute approximate surface area is 213 Å². The smallest absolute Gasteiger partial charge is 0.266 e. The van der Waals surface area contributed by atoms with Gasteiger partial charge >= 0.3 is 0 Å². The molecular formula is C29H26N4O2S. The van der Waals surface area contributed by atoms with E-state index in [4.69, 9.17) is 4.98 Å². The van der Waals surface area contributed by atoms with Gasteiger partial charge in [-0.1, -0.05) is 60.3 Å². The molecule has 1 aliphatic heterocycles. The van der Waals surface area contributed by atoms with Gasteiger partial charge in [-0.2, -0.15) is 0 Å². The average molecular weight is 495 g/mol. The van der Waals surface area contributed by atoms with Gasteiger partial charge in [0.2, 0.25) is 5.91 Å². The molecule has 1 amide bonds. The minimum Gasteiger partial charge on any atom is -0.358 e. The molecule has 0 radical (unpaired) electrons. The quantitative estimate of drug-likeness (QED) is 0.277. The molecular weight excluding hydrogens is 468 g/mol. The van der Waals surface area contributed by atoms with Gasteiger partial charge in [-0.15, -0.1) is 0 Å². The molecule has 1 aliphatic rings. The van der Waals surface area contributed by atoms with Gasteiger partial charge in [-0.05, 0) is 43.2 Å². The zero-order chi connectivity index (χ0) is 24.8. The summed E-state index contributed by atoms with van der Waals surface area (Å²) in [5.41, 5.74) is 6.87. The van der Waals surface area contributed by atoms with Crippen LogP contribution in [0.25, 0.3) is 27.5 Å². The summed E-state index contributed by atoms with van der Waals surface area (Å²) in [5, 5.41) is 2.28. The fourth-order valence-corrected chi connectivity index (χ4v) is 6.06. The Morgan fingerprint density at radius 2 is 1.69 bits per heavy atom. The van der Waals surface area contributed by atoms with Gasteiger partial charge < -0.3 is 9.88 Å². The normalized spacial score (nSPS) is 13.3. The zero-order valence-corrected chi connectivity index (χ0v) is 21.1. The molecule has 0 saturated carbocycles. The maximum Gasteiger partial charge on any atom is 0.266 e. The Hall–Kier alpha value is -3.84. The highest BCUT2D eigenvalue weighted by molar-refractivity contribution is 7.99. The number of para-hydroxylation sites is 3. The number of nitrogens with zero attached hydrogens (tertiary/aromatic N) is 3. The van der Waals surface area contributed by atoms with Crippen LogP contribution in [0.15, 0.2) is 76.7 Å². The molecule has 6 nitrogen and oxygen atoms in total. The van der Waals surface area contributed by atoms with Gasteiger partial charge in [0.25, 0.3) is 5.56 Å². The summed E-state index contributed by atoms with van der Waals surface area (Å²) in [6.45, 7) is 5.26. The summed E-state index contributed by atoms with van der Waals surface area (Å²) in [5.74, 6) is 0.263. The number of aromatic nitrogens is 3. The van der Waals surface area contributed by atoms with E-state index in [0.717, 1.165) is 28.8 Å². The highest BCUT2D eigenvalue weighted by Crippen LogP contribution is 2.29. The molecule has 180 valence electrons. The largest absolute Gasteiger partial charge is 0.358 e. The minimum atomic E-state index is -0.116. The van der Waals surface area contributed by atoms with Crippen LogP contribution in [0.5, 0.6) is 0 Å². The summed E-state index contributed by atoms with van der Waals surface area (Å²) >= 11 is 1.33. The number of amides is 1. The van der Waals surface area contributed by atoms with Gasteiger partial charge in [0.05, 0.1) is 22.3 Å². The van der Waals surface area contributed by atoms with Gasteiger partial charge in [0, 0.05) is 41.7 Å². The number of fused-ring (bicyclic) bond motifs is 4. The predicted molar refractivity (Wildman–Crippen MR) is 145 cm³/mol. The van der Waals surface area contributed by atoms with E-state index in [1.54, 1.807) is 10.6 Å². The van der Waals surface area contributed by atoms with E-state index in [-0.39, 0.29) is 17.2 Å². The number of carbonyl (C=O) groups excluding carboxylic acids is 1. The predicted octanol–water partition coefficient (Wildman–Crippen LogP) is 5.16. The maximum absolute atomic E-state index is 13.6. The molecule has 3 aromatic carbocycles. The Morgan fingerprint density at radius 3 is 2.50 bits per heavy atom. The molecule has 3 heterocycles. The SMILES string of the molecule is Cc1cccc(C)c1-n1c(SCC(=O)N2CCc3[nH]c4ccccc4c3C2)nc2ccccc2c1=O. The lowest BCUT2D eigenvalue weighted by Crippen LogP contribution is -2.37. The van der Waals surface area contributed by atoms with E-state index in [0.29, 0.717) is 29.1 Å². The summed E-state index contributed by atoms with van der Waals surface area (Å²) < 4.78 is 1.68. The van der Waals surface area contributed by atoms with E-state index < -0.39 is 0 Å². The highest BCUT2D eigenvalue weighted by atomic mass is 32.2. The van der Waals surface area contributed by atoms with Crippen molar-refractivity contribution in [2.24, 2.45) is 0 Å². The first kappa shape index (κ1) is 22.6. The number of H-pyrrole nitrogens is 1. The van der Waals surface area contributed by atoms with Crippen molar-refractivity contribution in [1.82, 2.24) is 19.4 Å². The van der Waals surface area contributed by atoms with Crippen LogP contribution in [0, 0.1) is 13.8 Å². The van der Waals surface area contributed by atoms with Crippen LogP contribution < -0.4 is 5.56 Å². The highest BCUT2D eigenvalue weighted by Gasteiger charge is 2.25. The van der Waals surface area contributed by atoms with E-state index in [1.165, 1.54) is 28.4 Å². The molecule has 6 rings (SSSR count). The van der Waals surface area contributed by atoms with Crippen molar-refractivity contribution < 1.29 is 4.79 Å². The van der Waals surface area contributed by atoms with Crippen LogP contribution in [-0.2, 0) is 17.8 Å². The van der Waals surface area contributed by atoms with E-state index in [1.807, 2.05) is 67.3 Å². The van der Waals surface area contributed by atoms with E-state index in [2.05, 4.69) is 17.1 Å². The first-order chi connectivity index (χ1) is 17.5. The van der Waals surface area contributed by atoms with E-state index >= 15 is 0 Å². The molecule has 2 aromatic heterocycles. The van der Waals surface area contributed by atoms with E-state index in [9.17, 15) is 9.59 Å². The number of benzene rings is 3. The van der Waals surface area contributed by atoms with Crippen LogP contribution in [0.2, 0.25) is 0 Å². The number of hydrogen-bond donors (Lipinski definition) is 1. The minimum absolute atomic E-state index is 0.0476. The second-order valence-corrected chi connectivity index (χ2v) is 10.2. The Morgan fingerprint density at radius 1 is 0.972 bits per heavy atom. The fraction of sp³-hybridized carbons (Fsp3) is 0.207. The number of rotatable bonds is 4. The third-order valence-electron chi connectivity index (χ3n) is 6.97. The van der Waals surface area contributed by atoms with Crippen molar-refractivity contribution in [1.29, 1.82) is 0 Å². The fourth-order valence-electron chi connectivity index (χ4n) is 5.16. The second-order valence-electron chi connectivity index (χ2n) is 9.27. The molecule has 0 bridgehead atoms. The van der Waals surface area contributed by atoms with Crippen molar-refractivity contribution in [2.45, 2.75) is 32.0 Å². The molecule has 0 spiro atoms. The first-order valence-electron chi connectivity index (χ1n) is 12.1. The van der Waals surface area contributed by atoms with Gasteiger partial charge in [-0.3, -0.25) is 14.2 Å². The molecule has 0 unspecified atom stereocenters. The Balaban J connectivity index is 1.33. The number of hydrogen-bond acceptors (Lipinski definition) is 4. The molecule has 7 heteroatoms. The molecule has 1 N–H and O–H groups in total. The van der Waals surface area contributed by atoms with Crippen LogP contribution in [-0.4, -0.2) is 37.6 Å². The van der Waals surface area contributed by atoms with Crippen LogP contribution in [0.1, 0.15) is 22.4 Å². The lowest BCUT2D eigenvalue weighted by Gasteiger charge is -2.27. The van der Waals surface area contributed by atoms with Crippen molar-refractivity contribution in [3.63, 3.8) is 0 Å². The Bertz CT molecular complexity index is 1680. The van der Waals surface area contributed by atoms with Crippen LogP contribution in [0.4, 0.5) is 0 Å². The summed E-state index contributed by atoms with van der Waals surface area (Å²) in [4.78, 5) is 37.2. The summed E-state index contributed by atoms with van der Waals surface area (Å²) in [6.07, 6.45) is 0.807. The first-order valence-corrected chi connectivity index (χ1v) is 13.1. The number of aromatic amines is 1. The topological polar surface area (TPSA) is 71.0 Å². The Kier molecular flexibility index (Phi) is 5.64. The lowest BCUT2D eigenvalue weighted by atomic mass is 10.0. The zero-order valence-electron chi connectivity index (χ0n) is 20.2. The molecule has 0 saturated heterocycles. The number of carbonyl (C=O) groups is 1. The molecule has 5 aromatic rings. The maximum atomic E-state index is 13.6. The average Bonchev–Trinajstić information content (AvgIpc) is 3.26. The van der Waals surface area contributed by atoms with Crippen molar-refractivity contribution in [2.75, 3.05) is 12.3 Å². The van der Waals surface area contributed by atoms with Crippen LogP contribution >= 0.6 is 11.8 Å². The lowest BCUT2D eigenvalue weighted by molar-refractivity contribution is -0.129. The molecule has 0 fully saturated rings. The van der Waals surface area contributed by atoms with Gasteiger partial charge in [0.15, 0.2) is 5.16 Å². The molecule has 0 aliphatic carbocycles. The second kappa shape index (κ2) is 8.99. The standard InChI is InChI=1S/C29H26N4O2S/c1-18-8-7-9-19(2)27(18)33-28(35)21-11-4-6-13-24(21)31-29(33)36-17-26(34)32-15-14-25-22(16-32)20-10-3-5-12-23(20)30-25/h3-13,30H,14-17H2,1-2H3. The molecule has 36 heavy (non-hydrogen) atoms. The van der Waals surface area contributed by atoms with Crippen molar-refractivity contribution in [3.8, 4) is 5.69 Å². The van der Waals surface area contributed by atoms with Crippen molar-refractivity contribution >= 4 is 39.5 Å². The van der Waals surface area contributed by atoms with Gasteiger partial charge in [-0.25, -0.2) is 4.98 Å². The molecule has 0 atom stereocenters. The summed E-state index contributed by atoms with van der Waals surface area (Å²) in [7, 11) is 0. The monoisotopic (exact) mass is 494 g/mol. The number of nitrogens with one attached hydrogen (secondary N) is 1. The van der Waals surface area contributed by atoms with Crippen LogP contribution in [0.3, 0.4) is 0 Å². The third-order valence-corrected chi connectivity index (χ3v) is 7.89. The van der Waals surface area contributed by atoms with Crippen molar-refractivity contribution in [3.05, 3.63) is 99.5 Å². The van der Waals surface area contributed by atoms with Gasteiger partial charge in [0.1, 0.15) is 0 Å². The number of thioether (sulfide) groups is 1. The summed E-state index contributed by atoms with van der Waals surface area (Å²) in [6, 6.07) is 21.6. The third kappa shape index (κ3) is 3.80.